The van der Waals surface area contributed by atoms with Gasteiger partial charge in [-0.2, -0.15) is 13.2 Å². The molecule has 3 rings (SSSR count). The van der Waals surface area contributed by atoms with Crippen molar-refractivity contribution < 1.29 is 23.4 Å². The molecule has 0 aromatic heterocycles. The van der Waals surface area contributed by atoms with Gasteiger partial charge in [-0.25, -0.2) is 0 Å². The third kappa shape index (κ3) is 5.76. The molecule has 1 unspecified atom stereocenters. The summed E-state index contributed by atoms with van der Waals surface area (Å²) in [6, 6.07) is 0. The van der Waals surface area contributed by atoms with Crippen LogP contribution in [0.3, 0.4) is 0 Å². The fourth-order valence-corrected chi connectivity index (χ4v) is 8.14. The molecule has 0 amide bonds. The molecule has 0 aliphatic heterocycles. The minimum atomic E-state index is -4.56. The van der Waals surface area contributed by atoms with Crippen LogP contribution in [-0.4, -0.2) is 27.6 Å². The van der Waals surface area contributed by atoms with Gasteiger partial charge in [0.1, 0.15) is 0 Å². The van der Waals surface area contributed by atoms with Crippen LogP contribution in [0.15, 0.2) is 0 Å². The van der Waals surface area contributed by atoms with Gasteiger partial charge >= 0.3 is 6.18 Å². The summed E-state index contributed by atoms with van der Waals surface area (Å²) in [5.41, 5.74) is -3.08. The maximum absolute atomic E-state index is 13.9. The average Bonchev–Trinajstić information content (AvgIpc) is 2.99. The summed E-state index contributed by atoms with van der Waals surface area (Å²) in [6.45, 7) is 10.9. The first kappa shape index (κ1) is 27.3. The minimum absolute atomic E-state index is 0.00608. The monoisotopic (exact) mass is 474 g/mol. The Morgan fingerprint density at radius 1 is 0.909 bits per heavy atom. The van der Waals surface area contributed by atoms with Gasteiger partial charge < -0.3 is 10.2 Å². The maximum atomic E-state index is 13.9. The van der Waals surface area contributed by atoms with Crippen LogP contribution in [0.2, 0.25) is 0 Å². The van der Waals surface area contributed by atoms with Crippen molar-refractivity contribution in [2.75, 3.05) is 0 Å². The lowest BCUT2D eigenvalue weighted by Crippen LogP contribution is -2.48. The maximum Gasteiger partial charge on any atom is 0.417 e. The highest BCUT2D eigenvalue weighted by Crippen LogP contribution is 2.59. The van der Waals surface area contributed by atoms with Gasteiger partial charge in [0.2, 0.25) is 0 Å². The molecule has 0 aromatic carbocycles. The van der Waals surface area contributed by atoms with Crippen molar-refractivity contribution in [1.82, 2.24) is 0 Å². The Labute approximate surface area is 200 Å². The van der Waals surface area contributed by atoms with E-state index in [2.05, 4.69) is 27.7 Å². The van der Waals surface area contributed by atoms with E-state index in [1.165, 1.54) is 0 Å². The first-order chi connectivity index (χ1) is 15.2. The molecule has 0 aromatic rings. The Balaban J connectivity index is 1.71. The topological polar surface area (TPSA) is 40.5 Å². The van der Waals surface area contributed by atoms with Gasteiger partial charge in [-0.3, -0.25) is 0 Å². The SMILES string of the molecule is CC[C@]1(C)[C@@H]([C@H](C)CCC2(O)CCC(C)CC2)CC[C@H]1C1CC[C@H](C)C[C@](O)(C(F)(F)F)C1. The van der Waals surface area contributed by atoms with E-state index in [9.17, 15) is 23.4 Å². The van der Waals surface area contributed by atoms with E-state index in [1.807, 2.05) is 6.92 Å². The first-order valence-electron chi connectivity index (χ1n) is 13.7. The summed E-state index contributed by atoms with van der Waals surface area (Å²) >= 11 is 0. The van der Waals surface area contributed by atoms with E-state index >= 15 is 0 Å². The van der Waals surface area contributed by atoms with E-state index in [1.54, 1.807) is 0 Å². The van der Waals surface area contributed by atoms with Crippen molar-refractivity contribution >= 4 is 0 Å². The van der Waals surface area contributed by atoms with Crippen LogP contribution in [0, 0.1) is 40.9 Å². The van der Waals surface area contributed by atoms with Crippen molar-refractivity contribution in [2.24, 2.45) is 40.9 Å². The molecule has 2 N–H and O–H groups in total. The van der Waals surface area contributed by atoms with Crippen LogP contribution in [-0.2, 0) is 0 Å². The zero-order valence-corrected chi connectivity index (χ0v) is 21.7. The largest absolute Gasteiger partial charge is 0.417 e. The summed E-state index contributed by atoms with van der Waals surface area (Å²) in [5, 5.41) is 21.8. The standard InChI is InChI=1S/C28H49F3O2/c1-6-25(5)23(21(4)13-16-26(32)14-11-19(2)12-15-26)9-10-24(25)22-8-7-20(3)17-27(33,18-22)28(29,30)31/h19-24,32-33H,6-18H2,1-5H3/t19?,20-,21+,22?,23+,24-,25+,26?,27+/m0/s1. The highest BCUT2D eigenvalue weighted by atomic mass is 19.4. The lowest BCUT2D eigenvalue weighted by atomic mass is 9.61. The smallest absolute Gasteiger partial charge is 0.390 e. The van der Waals surface area contributed by atoms with Gasteiger partial charge in [0.25, 0.3) is 0 Å². The molecule has 0 bridgehead atoms. The fraction of sp³-hybridized carbons (Fsp3) is 1.00. The third-order valence-corrected chi connectivity index (χ3v) is 10.6. The van der Waals surface area contributed by atoms with E-state index in [0.717, 1.165) is 70.6 Å². The Bertz CT molecular complexity index is 642. The summed E-state index contributed by atoms with van der Waals surface area (Å²) in [4.78, 5) is 0. The molecule has 0 spiro atoms. The normalized spacial score (nSPS) is 46.2. The van der Waals surface area contributed by atoms with Crippen molar-refractivity contribution in [3.05, 3.63) is 0 Å². The van der Waals surface area contributed by atoms with Gasteiger partial charge in [0, 0.05) is 0 Å². The van der Waals surface area contributed by atoms with Crippen molar-refractivity contribution in [1.29, 1.82) is 0 Å². The number of alkyl halides is 3. The molecule has 0 saturated heterocycles. The molecular weight excluding hydrogens is 425 g/mol. The predicted octanol–water partition coefficient (Wildman–Crippen LogP) is 7.91. The third-order valence-electron chi connectivity index (χ3n) is 10.6. The average molecular weight is 475 g/mol. The molecule has 0 heterocycles. The highest BCUT2D eigenvalue weighted by Gasteiger charge is 2.58. The fourth-order valence-electron chi connectivity index (χ4n) is 8.14. The van der Waals surface area contributed by atoms with E-state index < -0.39 is 17.4 Å². The summed E-state index contributed by atoms with van der Waals surface area (Å²) in [7, 11) is 0. The van der Waals surface area contributed by atoms with Crippen LogP contribution >= 0.6 is 0 Å². The van der Waals surface area contributed by atoms with Gasteiger partial charge in [0.05, 0.1) is 5.60 Å². The molecule has 5 heteroatoms. The second kappa shape index (κ2) is 9.99. The van der Waals surface area contributed by atoms with Gasteiger partial charge in [-0.05, 0) is 112 Å². The second-order valence-corrected chi connectivity index (χ2v) is 13.0. The number of aliphatic hydroxyl groups is 2. The lowest BCUT2D eigenvalue weighted by Gasteiger charge is -2.44. The van der Waals surface area contributed by atoms with Gasteiger partial charge in [-0.1, -0.05) is 47.5 Å². The molecule has 3 aliphatic carbocycles. The summed E-state index contributed by atoms with van der Waals surface area (Å²) in [6.07, 6.45) is 5.51. The molecule has 3 aliphatic rings. The van der Waals surface area contributed by atoms with Gasteiger partial charge in [-0.15, -0.1) is 0 Å². The van der Waals surface area contributed by atoms with Crippen molar-refractivity contribution in [2.45, 2.75) is 135 Å². The highest BCUT2D eigenvalue weighted by molar-refractivity contribution is 5.02. The summed E-state index contributed by atoms with van der Waals surface area (Å²) < 4.78 is 41.6. The van der Waals surface area contributed by atoms with Gasteiger partial charge in [0.15, 0.2) is 5.60 Å². The van der Waals surface area contributed by atoms with Crippen LogP contribution in [0.1, 0.15) is 118 Å². The number of rotatable bonds is 6. The Morgan fingerprint density at radius 2 is 1.55 bits per heavy atom. The molecule has 0 radical (unpaired) electrons. The second-order valence-electron chi connectivity index (χ2n) is 13.0. The first-order valence-corrected chi connectivity index (χ1v) is 13.7. The van der Waals surface area contributed by atoms with Crippen LogP contribution in [0.25, 0.3) is 0 Å². The molecule has 3 saturated carbocycles. The van der Waals surface area contributed by atoms with E-state index in [-0.39, 0.29) is 36.0 Å². The molecular formula is C28H49F3O2. The zero-order valence-electron chi connectivity index (χ0n) is 21.7. The molecule has 7 atom stereocenters. The molecule has 194 valence electrons. The van der Waals surface area contributed by atoms with Crippen LogP contribution in [0.5, 0.6) is 0 Å². The van der Waals surface area contributed by atoms with Crippen LogP contribution in [0.4, 0.5) is 13.2 Å². The summed E-state index contributed by atoms with van der Waals surface area (Å²) in [5.74, 6) is 1.68. The lowest BCUT2D eigenvalue weighted by molar-refractivity contribution is -0.271. The predicted molar refractivity (Wildman–Crippen MR) is 128 cm³/mol. The van der Waals surface area contributed by atoms with E-state index in [4.69, 9.17) is 0 Å². The van der Waals surface area contributed by atoms with Crippen molar-refractivity contribution in [3.63, 3.8) is 0 Å². The van der Waals surface area contributed by atoms with Crippen molar-refractivity contribution in [3.8, 4) is 0 Å². The Hall–Kier alpha value is -0.290. The number of hydrogen-bond acceptors (Lipinski definition) is 2. The van der Waals surface area contributed by atoms with Crippen LogP contribution < -0.4 is 0 Å². The molecule has 33 heavy (non-hydrogen) atoms. The Kier molecular flexibility index (Phi) is 8.27. The van der Waals surface area contributed by atoms with E-state index in [0.29, 0.717) is 17.8 Å². The molecule has 3 fully saturated rings. The minimum Gasteiger partial charge on any atom is -0.390 e. The number of halogens is 3. The quantitative estimate of drug-likeness (QED) is 0.384. The Morgan fingerprint density at radius 3 is 2.12 bits per heavy atom. The number of hydrogen-bond donors (Lipinski definition) is 2. The molecule has 2 nitrogen and oxygen atoms in total. The zero-order chi connectivity index (χ0) is 24.7.